The number of carbonyl (C=O) groups is 3. The van der Waals surface area contributed by atoms with Crippen LogP contribution >= 0.6 is 71.9 Å². The van der Waals surface area contributed by atoms with Gasteiger partial charge in [0.2, 0.25) is 0 Å². The van der Waals surface area contributed by atoms with Gasteiger partial charge in [-0.3, -0.25) is 14.4 Å². The van der Waals surface area contributed by atoms with E-state index in [1.807, 2.05) is 14.1 Å². The lowest BCUT2D eigenvalue weighted by molar-refractivity contribution is -0.0759. The minimum absolute atomic E-state index is 0. The molecular weight excluding hydrogens is 1340 g/mol. The van der Waals surface area contributed by atoms with Crippen LogP contribution in [0.15, 0.2) is 0 Å². The van der Waals surface area contributed by atoms with E-state index in [4.69, 9.17) is 4.84 Å². The predicted octanol–water partition coefficient (Wildman–Crippen LogP) is 19.3. The molecule has 13 heteroatoms. The standard InChI is InChI=1S/C23H42N2O2.C23H42N2O.C21H37NO2.3HI/c1-20(2,3)16-15(19(26)24(13)27-14)17(21(4,5)6)25(23(10,11)12)18(16)22(7,8)9;1-20(2,3)16-15(19(26)24(13)14)17(21(4,5)6)25(23(10,11)12)18(16)22(7,8)9;1-18(2,3)14-13(17(23)24)15(19(4,5)6)22(21(10,11)12)16(14)20(7,8)9;;;/h1-14H3;1-14H3;1-12H3,(H,23,24);3*1H. The fourth-order valence-electron chi connectivity index (χ4n) is 11.3. The fourth-order valence-corrected chi connectivity index (χ4v) is 11.3. The molecule has 0 spiro atoms. The van der Waals surface area contributed by atoms with Gasteiger partial charge in [-0.25, -0.2) is 9.86 Å². The van der Waals surface area contributed by atoms with Gasteiger partial charge >= 0.3 is 5.97 Å². The minimum atomic E-state index is -0.821. The third kappa shape index (κ3) is 18.7. The summed E-state index contributed by atoms with van der Waals surface area (Å²) in [4.78, 5) is 46.3. The highest BCUT2D eigenvalue weighted by atomic mass is 127. The van der Waals surface area contributed by atoms with Crippen LogP contribution in [-0.4, -0.2) is 74.8 Å². The molecule has 0 unspecified atom stereocenters. The monoisotopic (exact) mass is 1460 g/mol. The molecule has 10 nitrogen and oxygen atoms in total. The van der Waals surface area contributed by atoms with Crippen LogP contribution in [0.4, 0.5) is 0 Å². The number of nitrogens with zero attached hydrogens (tertiary/aromatic N) is 5. The normalized spacial score (nSPS) is 13.4. The summed E-state index contributed by atoms with van der Waals surface area (Å²) >= 11 is 0. The molecule has 0 fully saturated rings. The summed E-state index contributed by atoms with van der Waals surface area (Å²) in [7, 11) is 6.93. The van der Waals surface area contributed by atoms with Crippen LogP contribution < -0.4 is 0 Å². The summed E-state index contributed by atoms with van der Waals surface area (Å²) in [6.45, 7) is 79.0. The Morgan fingerprint density at radius 2 is 0.512 bits per heavy atom. The zero-order valence-electron chi connectivity index (χ0n) is 59.0. The van der Waals surface area contributed by atoms with Crippen LogP contribution in [-0.2, 0) is 70.2 Å². The third-order valence-corrected chi connectivity index (χ3v) is 13.6. The highest BCUT2D eigenvalue weighted by Gasteiger charge is 2.47. The Labute approximate surface area is 543 Å². The van der Waals surface area contributed by atoms with Gasteiger partial charge in [-0.1, -0.05) is 187 Å². The van der Waals surface area contributed by atoms with E-state index in [2.05, 4.69) is 263 Å². The van der Waals surface area contributed by atoms with Crippen LogP contribution in [0.2, 0.25) is 0 Å². The number of aromatic nitrogens is 3. The lowest BCUT2D eigenvalue weighted by Crippen LogP contribution is -2.35. The number of amides is 2. The topological polar surface area (TPSA) is 102 Å². The molecule has 2 amide bonds. The molecule has 468 valence electrons. The van der Waals surface area contributed by atoms with Gasteiger partial charge in [0.15, 0.2) is 0 Å². The lowest BCUT2D eigenvalue weighted by Gasteiger charge is -2.37. The average Bonchev–Trinajstić information content (AvgIpc) is 3.85. The number of carboxylic acids is 1. The first kappa shape index (κ1) is 82.6. The van der Waals surface area contributed by atoms with Gasteiger partial charge in [0.1, 0.15) is 0 Å². The summed E-state index contributed by atoms with van der Waals surface area (Å²) < 4.78 is 7.19. The lowest BCUT2D eigenvalue weighted by atomic mass is 9.76. The van der Waals surface area contributed by atoms with Gasteiger partial charge < -0.3 is 23.7 Å². The molecule has 80 heavy (non-hydrogen) atoms. The Hall–Kier alpha value is -1.60. The van der Waals surface area contributed by atoms with Crippen LogP contribution in [0.25, 0.3) is 0 Å². The molecule has 3 heterocycles. The number of carboxylic acid groups (broad SMARTS) is 1. The number of carbonyl (C=O) groups excluding carboxylic acids is 2. The molecule has 0 saturated carbocycles. The maximum Gasteiger partial charge on any atom is 0.337 e. The van der Waals surface area contributed by atoms with E-state index < -0.39 is 5.97 Å². The first-order valence-electron chi connectivity index (χ1n) is 28.5. The van der Waals surface area contributed by atoms with E-state index >= 15 is 0 Å². The van der Waals surface area contributed by atoms with Crippen LogP contribution in [0.5, 0.6) is 0 Å². The Bertz CT molecular complexity index is 2460. The van der Waals surface area contributed by atoms with Gasteiger partial charge in [0.25, 0.3) is 11.8 Å². The van der Waals surface area contributed by atoms with E-state index in [9.17, 15) is 19.5 Å². The van der Waals surface area contributed by atoms with Gasteiger partial charge in [-0.05, 0) is 95.2 Å². The SMILES string of the molecule is CC(C)(C)c1c(C(=O)O)c(C(C)(C)C)n(C(C)(C)C)c1C(C)(C)C.CN(C)C(=O)c1c(C(C)(C)C)c(C(C)(C)C)n(C(C)(C)C)c1C(C)(C)C.CON(C)C(=O)c1c(C(C)(C)C)c(C(C)(C)C)n(C(C)(C)C)c1C(C)(C)C.I.I.I. The van der Waals surface area contributed by atoms with Crippen molar-refractivity contribution in [3.05, 3.63) is 67.5 Å². The van der Waals surface area contributed by atoms with Crippen molar-refractivity contribution in [3.8, 4) is 0 Å². The molecule has 3 aromatic rings. The van der Waals surface area contributed by atoms with E-state index in [1.165, 1.54) is 29.1 Å². The number of hydroxylamine groups is 2. The molecular formula is C67H124I3N5O5. The third-order valence-electron chi connectivity index (χ3n) is 13.6. The Morgan fingerprint density at radius 3 is 0.662 bits per heavy atom. The second-order valence-electron chi connectivity index (χ2n) is 34.6. The van der Waals surface area contributed by atoms with Crippen molar-refractivity contribution in [2.24, 2.45) is 0 Å². The quantitative estimate of drug-likeness (QED) is 0.207. The van der Waals surface area contributed by atoms with E-state index in [1.54, 1.807) is 11.9 Å². The fraction of sp³-hybridized carbons (Fsp3) is 0.776. The second-order valence-corrected chi connectivity index (χ2v) is 34.6. The number of rotatable bonds is 4. The van der Waals surface area contributed by atoms with E-state index in [-0.39, 0.29) is 149 Å². The summed E-state index contributed by atoms with van der Waals surface area (Å²) in [5.74, 6) is -0.799. The van der Waals surface area contributed by atoms with Gasteiger partial charge in [0.05, 0.1) is 23.8 Å². The minimum Gasteiger partial charge on any atom is -0.478 e. The highest BCUT2D eigenvalue weighted by Crippen LogP contribution is 2.50. The number of hydrogen-bond acceptors (Lipinski definition) is 4. The van der Waals surface area contributed by atoms with Crippen LogP contribution in [0, 0.1) is 0 Å². The van der Waals surface area contributed by atoms with Gasteiger partial charge in [0, 0.05) is 104 Å². The molecule has 0 saturated heterocycles. The Kier molecular flexibility index (Phi) is 27.0. The van der Waals surface area contributed by atoms with Crippen molar-refractivity contribution >= 4 is 89.7 Å². The molecule has 0 aliphatic heterocycles. The first-order valence-corrected chi connectivity index (χ1v) is 28.5. The zero-order chi connectivity index (χ0) is 62.3. The smallest absolute Gasteiger partial charge is 0.337 e. The van der Waals surface area contributed by atoms with Crippen molar-refractivity contribution in [1.82, 2.24) is 23.7 Å². The van der Waals surface area contributed by atoms with E-state index in [0.29, 0.717) is 5.56 Å². The van der Waals surface area contributed by atoms with Crippen molar-refractivity contribution < 1.29 is 24.3 Å². The molecule has 0 bridgehead atoms. The summed E-state index contributed by atoms with van der Waals surface area (Å²) in [6, 6.07) is 0. The van der Waals surface area contributed by atoms with Crippen LogP contribution in [0.1, 0.15) is 331 Å². The largest absolute Gasteiger partial charge is 0.478 e. The zero-order valence-corrected chi connectivity index (χ0v) is 66.0. The first-order chi connectivity index (χ1) is 33.3. The second kappa shape index (κ2) is 26.2. The number of aromatic carboxylic acids is 1. The maximum atomic E-state index is 13.5. The molecule has 3 aromatic heterocycles. The molecule has 0 aliphatic rings. The van der Waals surface area contributed by atoms with Gasteiger partial charge in [-0.15, -0.1) is 71.9 Å². The summed E-state index contributed by atoms with van der Waals surface area (Å²) in [5, 5.41) is 11.5. The van der Waals surface area contributed by atoms with E-state index in [0.717, 1.165) is 45.0 Å². The molecule has 0 radical (unpaired) electrons. The Morgan fingerprint density at radius 1 is 0.325 bits per heavy atom. The van der Waals surface area contributed by atoms with Crippen LogP contribution in [0.3, 0.4) is 0 Å². The molecule has 0 aliphatic carbocycles. The molecule has 1 N–H and O–H groups in total. The predicted molar refractivity (Wildman–Crippen MR) is 377 cm³/mol. The van der Waals surface area contributed by atoms with Gasteiger partial charge in [-0.2, -0.15) is 0 Å². The van der Waals surface area contributed by atoms with Crippen molar-refractivity contribution in [2.75, 3.05) is 28.3 Å². The molecule has 3 rings (SSSR count). The number of hydrogen-bond donors (Lipinski definition) is 1. The van der Waals surface area contributed by atoms with Crippen molar-refractivity contribution in [1.29, 1.82) is 0 Å². The van der Waals surface area contributed by atoms with Crippen molar-refractivity contribution in [2.45, 2.75) is 315 Å². The summed E-state index contributed by atoms with van der Waals surface area (Å²) in [5.41, 5.74) is 10.4. The molecule has 0 aromatic carbocycles. The highest BCUT2D eigenvalue weighted by molar-refractivity contribution is 14.0. The average molecular weight is 1460 g/mol. The number of halogens is 3. The summed E-state index contributed by atoms with van der Waals surface area (Å²) in [6.07, 6.45) is 0. The molecule has 0 atom stereocenters. The Balaban J connectivity index is -0.00000109. The van der Waals surface area contributed by atoms with Crippen molar-refractivity contribution in [3.63, 3.8) is 0 Å². The maximum absolute atomic E-state index is 13.5.